The lowest BCUT2D eigenvalue weighted by molar-refractivity contribution is 0.272. The molecule has 2 aliphatic rings. The van der Waals surface area contributed by atoms with Crippen LogP contribution in [0.1, 0.15) is 5.56 Å². The molecule has 1 saturated heterocycles. The maximum atomic E-state index is 12.9. The van der Waals surface area contributed by atoms with Gasteiger partial charge in [0, 0.05) is 45.0 Å². The number of benzene rings is 1. The van der Waals surface area contributed by atoms with Crippen molar-refractivity contribution in [3.8, 4) is 5.75 Å². The largest absolute Gasteiger partial charge is 0.493 e. The molecule has 27 heavy (non-hydrogen) atoms. The maximum Gasteiger partial charge on any atom is 0.244 e. The molecule has 1 aromatic carbocycles. The second-order valence-corrected chi connectivity index (χ2v) is 10.2. The number of ether oxygens (including phenoxy) is 1. The Labute approximate surface area is 158 Å². The van der Waals surface area contributed by atoms with Crippen molar-refractivity contribution in [2.45, 2.75) is 16.2 Å². The smallest absolute Gasteiger partial charge is 0.244 e. The van der Waals surface area contributed by atoms with Crippen molar-refractivity contribution in [1.82, 2.24) is 13.6 Å². The van der Waals surface area contributed by atoms with Gasteiger partial charge in [0.25, 0.3) is 0 Å². The molecule has 2 aromatic rings. The molecule has 2 aliphatic heterocycles. The van der Waals surface area contributed by atoms with Gasteiger partial charge in [-0.1, -0.05) is 0 Å². The predicted octanol–water partition coefficient (Wildman–Crippen LogP) is 0.712. The Morgan fingerprint density at radius 1 is 0.889 bits per heavy atom. The van der Waals surface area contributed by atoms with Gasteiger partial charge in [-0.3, -0.25) is 4.98 Å². The van der Waals surface area contributed by atoms with Crippen LogP contribution in [0.3, 0.4) is 0 Å². The number of rotatable bonds is 4. The third-order valence-corrected chi connectivity index (χ3v) is 8.55. The fourth-order valence-corrected chi connectivity index (χ4v) is 6.13. The highest BCUT2D eigenvalue weighted by molar-refractivity contribution is 7.89. The molecule has 0 atom stereocenters. The summed E-state index contributed by atoms with van der Waals surface area (Å²) in [6, 6.07) is 7.91. The van der Waals surface area contributed by atoms with Gasteiger partial charge in [0.2, 0.25) is 20.0 Å². The second kappa shape index (κ2) is 6.86. The van der Waals surface area contributed by atoms with Crippen LogP contribution in [0, 0.1) is 0 Å². The lowest BCUT2D eigenvalue weighted by Gasteiger charge is -2.33. The molecule has 0 spiro atoms. The van der Waals surface area contributed by atoms with Crippen molar-refractivity contribution in [2.24, 2.45) is 0 Å². The van der Waals surface area contributed by atoms with Crippen molar-refractivity contribution < 1.29 is 21.6 Å². The summed E-state index contributed by atoms with van der Waals surface area (Å²) in [7, 11) is -7.34. The van der Waals surface area contributed by atoms with Crippen molar-refractivity contribution >= 4 is 20.0 Å². The molecule has 0 radical (unpaired) electrons. The number of hydrogen-bond donors (Lipinski definition) is 0. The van der Waals surface area contributed by atoms with E-state index in [-0.39, 0.29) is 36.0 Å². The summed E-state index contributed by atoms with van der Waals surface area (Å²) in [5, 5.41) is 0. The van der Waals surface area contributed by atoms with E-state index in [0.29, 0.717) is 13.0 Å². The van der Waals surface area contributed by atoms with Crippen LogP contribution in [0.2, 0.25) is 0 Å². The minimum absolute atomic E-state index is 0.102. The fourth-order valence-electron chi connectivity index (χ4n) is 3.27. The molecular formula is C17H19N3O5S2. The highest BCUT2D eigenvalue weighted by atomic mass is 32.2. The summed E-state index contributed by atoms with van der Waals surface area (Å²) >= 11 is 0. The number of hydrogen-bond acceptors (Lipinski definition) is 6. The monoisotopic (exact) mass is 409 g/mol. The topological polar surface area (TPSA) is 96.9 Å². The highest BCUT2D eigenvalue weighted by Gasteiger charge is 2.34. The Kier molecular flexibility index (Phi) is 4.66. The molecule has 1 aromatic heterocycles. The van der Waals surface area contributed by atoms with Gasteiger partial charge in [0.1, 0.15) is 10.6 Å². The second-order valence-electron chi connectivity index (χ2n) is 6.36. The van der Waals surface area contributed by atoms with Crippen LogP contribution in [0.15, 0.2) is 52.5 Å². The zero-order valence-corrected chi connectivity index (χ0v) is 16.1. The molecule has 0 bridgehead atoms. The fraction of sp³-hybridized carbons (Fsp3) is 0.353. The quantitative estimate of drug-likeness (QED) is 0.738. The molecule has 144 valence electrons. The first-order chi connectivity index (χ1) is 12.9. The molecule has 0 unspecified atom stereocenters. The lowest BCUT2D eigenvalue weighted by atomic mass is 10.2. The number of pyridine rings is 1. The van der Waals surface area contributed by atoms with E-state index >= 15 is 0 Å². The number of aromatic nitrogens is 1. The van der Waals surface area contributed by atoms with Crippen LogP contribution >= 0.6 is 0 Å². The average Bonchev–Trinajstić information content (AvgIpc) is 3.16. The third-order valence-electron chi connectivity index (χ3n) is 4.77. The number of sulfonamides is 2. The summed E-state index contributed by atoms with van der Waals surface area (Å²) < 4.78 is 59.2. The molecule has 3 heterocycles. The van der Waals surface area contributed by atoms with E-state index in [9.17, 15) is 16.8 Å². The van der Waals surface area contributed by atoms with Gasteiger partial charge in [0.05, 0.1) is 11.5 Å². The molecule has 4 rings (SSSR count). The van der Waals surface area contributed by atoms with Gasteiger partial charge in [-0.15, -0.1) is 0 Å². The van der Waals surface area contributed by atoms with Crippen LogP contribution in [-0.4, -0.2) is 63.2 Å². The van der Waals surface area contributed by atoms with E-state index in [0.717, 1.165) is 11.3 Å². The van der Waals surface area contributed by atoms with Crippen LogP contribution in [-0.2, 0) is 26.5 Å². The first-order valence-corrected chi connectivity index (χ1v) is 11.4. The Bertz CT molecular complexity index is 1050. The van der Waals surface area contributed by atoms with E-state index in [1.54, 1.807) is 18.2 Å². The Morgan fingerprint density at radius 3 is 2.19 bits per heavy atom. The molecule has 0 aliphatic carbocycles. The van der Waals surface area contributed by atoms with Crippen LogP contribution in [0.25, 0.3) is 0 Å². The Hall–Kier alpha value is -2.01. The van der Waals surface area contributed by atoms with Crippen LogP contribution in [0.5, 0.6) is 5.75 Å². The van der Waals surface area contributed by atoms with E-state index < -0.39 is 20.0 Å². The number of piperazine rings is 1. The summed E-state index contributed by atoms with van der Waals surface area (Å²) in [6.07, 6.45) is 3.49. The normalized spacial score (nSPS) is 18.8. The van der Waals surface area contributed by atoms with Gasteiger partial charge in [-0.2, -0.15) is 8.61 Å². The first-order valence-electron chi connectivity index (χ1n) is 8.55. The standard InChI is InChI=1S/C17H19N3O5S2/c21-26(22,15-3-4-17-14(12-15)5-11-25-17)19-7-9-20(10-8-19)27(23,24)16-2-1-6-18-13-16/h1-4,6,12-13H,5,7-11H2. The van der Waals surface area contributed by atoms with E-state index in [1.165, 1.54) is 33.1 Å². The van der Waals surface area contributed by atoms with Gasteiger partial charge >= 0.3 is 0 Å². The molecule has 0 N–H and O–H groups in total. The molecule has 8 nitrogen and oxygen atoms in total. The summed E-state index contributed by atoms with van der Waals surface area (Å²) in [6.45, 7) is 0.976. The molecule has 10 heteroatoms. The summed E-state index contributed by atoms with van der Waals surface area (Å²) in [5.41, 5.74) is 0.883. The van der Waals surface area contributed by atoms with E-state index in [2.05, 4.69) is 4.98 Å². The van der Waals surface area contributed by atoms with Gasteiger partial charge in [0.15, 0.2) is 0 Å². The zero-order valence-electron chi connectivity index (χ0n) is 14.5. The van der Waals surface area contributed by atoms with Gasteiger partial charge in [-0.25, -0.2) is 16.8 Å². The molecule has 1 fully saturated rings. The average molecular weight is 409 g/mol. The SMILES string of the molecule is O=S(=O)(c1cccnc1)N1CCN(S(=O)(=O)c2ccc3c(c2)CCO3)CC1. The minimum atomic E-state index is -3.67. The maximum absolute atomic E-state index is 12.9. The van der Waals surface area contributed by atoms with E-state index in [1.807, 2.05) is 0 Å². The molecule has 0 amide bonds. The first kappa shape index (κ1) is 18.4. The zero-order chi connectivity index (χ0) is 19.1. The minimum Gasteiger partial charge on any atom is -0.493 e. The summed E-state index contributed by atoms with van der Waals surface area (Å²) in [5.74, 6) is 0.723. The summed E-state index contributed by atoms with van der Waals surface area (Å²) in [4.78, 5) is 4.17. The predicted molar refractivity (Wildman–Crippen MR) is 97.4 cm³/mol. The van der Waals surface area contributed by atoms with Crippen molar-refractivity contribution in [3.05, 3.63) is 48.3 Å². The number of nitrogens with zero attached hydrogens (tertiary/aromatic N) is 3. The van der Waals surface area contributed by atoms with Crippen LogP contribution < -0.4 is 4.74 Å². The van der Waals surface area contributed by atoms with Gasteiger partial charge < -0.3 is 4.74 Å². The van der Waals surface area contributed by atoms with E-state index in [4.69, 9.17) is 4.74 Å². The van der Waals surface area contributed by atoms with Crippen LogP contribution in [0.4, 0.5) is 0 Å². The number of fused-ring (bicyclic) bond motifs is 1. The molecular weight excluding hydrogens is 390 g/mol. The Morgan fingerprint density at radius 2 is 1.56 bits per heavy atom. The lowest BCUT2D eigenvalue weighted by Crippen LogP contribution is -2.50. The van der Waals surface area contributed by atoms with Gasteiger partial charge in [-0.05, 0) is 35.9 Å². The van der Waals surface area contributed by atoms with Crippen molar-refractivity contribution in [3.63, 3.8) is 0 Å². The molecule has 0 saturated carbocycles. The Balaban J connectivity index is 1.50. The highest BCUT2D eigenvalue weighted by Crippen LogP contribution is 2.29. The third kappa shape index (κ3) is 3.33. The van der Waals surface area contributed by atoms with Crippen molar-refractivity contribution in [1.29, 1.82) is 0 Å². The van der Waals surface area contributed by atoms with Crippen molar-refractivity contribution in [2.75, 3.05) is 32.8 Å².